The molecule has 1 saturated heterocycles. The standard InChI is InChI=1S/C12H18N2O3S/c1-17-10-2-3-11(13)12(8-10)14-9-4-6-18(15,16)7-5-9/h2-3,8-9,14H,4-7,13H2,1H3. The number of anilines is 2. The fraction of sp³-hybridized carbons (Fsp3) is 0.500. The van der Waals surface area contributed by atoms with Gasteiger partial charge in [-0.25, -0.2) is 8.42 Å². The summed E-state index contributed by atoms with van der Waals surface area (Å²) >= 11 is 0. The molecule has 0 spiro atoms. The zero-order chi connectivity index (χ0) is 13.2. The molecule has 1 fully saturated rings. The Labute approximate surface area is 107 Å². The fourth-order valence-corrected chi connectivity index (χ4v) is 3.53. The van der Waals surface area contributed by atoms with Crippen LogP contribution in [-0.2, 0) is 9.84 Å². The van der Waals surface area contributed by atoms with Crippen LogP contribution in [0.25, 0.3) is 0 Å². The van der Waals surface area contributed by atoms with E-state index in [0.29, 0.717) is 18.5 Å². The van der Waals surface area contributed by atoms with Crippen molar-refractivity contribution in [2.45, 2.75) is 18.9 Å². The number of nitrogens with two attached hydrogens (primary N) is 1. The Bertz CT molecular complexity index is 514. The third-order valence-electron chi connectivity index (χ3n) is 3.17. The normalized spacial score (nSPS) is 19.4. The highest BCUT2D eigenvalue weighted by atomic mass is 32.2. The number of nitrogen functional groups attached to an aromatic ring is 1. The third-order valence-corrected chi connectivity index (χ3v) is 4.89. The van der Waals surface area contributed by atoms with E-state index in [2.05, 4.69) is 5.32 Å². The van der Waals surface area contributed by atoms with Crippen molar-refractivity contribution >= 4 is 21.2 Å². The Morgan fingerprint density at radius 3 is 2.61 bits per heavy atom. The van der Waals surface area contributed by atoms with Gasteiger partial charge < -0.3 is 15.8 Å². The van der Waals surface area contributed by atoms with E-state index in [0.717, 1.165) is 11.4 Å². The molecule has 0 radical (unpaired) electrons. The van der Waals surface area contributed by atoms with Crippen molar-refractivity contribution in [1.82, 2.24) is 0 Å². The molecule has 100 valence electrons. The quantitative estimate of drug-likeness (QED) is 0.808. The van der Waals surface area contributed by atoms with Gasteiger partial charge in [-0.1, -0.05) is 0 Å². The number of sulfone groups is 1. The van der Waals surface area contributed by atoms with Crippen molar-refractivity contribution < 1.29 is 13.2 Å². The van der Waals surface area contributed by atoms with Gasteiger partial charge in [0.2, 0.25) is 0 Å². The van der Waals surface area contributed by atoms with E-state index in [4.69, 9.17) is 10.5 Å². The SMILES string of the molecule is COc1ccc(N)c(NC2CCS(=O)(=O)CC2)c1. The Morgan fingerprint density at radius 1 is 1.33 bits per heavy atom. The van der Waals surface area contributed by atoms with E-state index >= 15 is 0 Å². The summed E-state index contributed by atoms with van der Waals surface area (Å²) in [6.07, 6.45) is 1.25. The number of hydrogen-bond donors (Lipinski definition) is 2. The molecule has 0 unspecified atom stereocenters. The summed E-state index contributed by atoms with van der Waals surface area (Å²) in [4.78, 5) is 0. The molecule has 6 heteroatoms. The lowest BCUT2D eigenvalue weighted by Crippen LogP contribution is -2.32. The molecule has 0 amide bonds. The van der Waals surface area contributed by atoms with Gasteiger partial charge in [-0.2, -0.15) is 0 Å². The van der Waals surface area contributed by atoms with Crippen molar-refractivity contribution in [3.63, 3.8) is 0 Å². The molecule has 18 heavy (non-hydrogen) atoms. The van der Waals surface area contributed by atoms with Crippen molar-refractivity contribution in [1.29, 1.82) is 0 Å². The van der Waals surface area contributed by atoms with E-state index in [-0.39, 0.29) is 17.5 Å². The lowest BCUT2D eigenvalue weighted by Gasteiger charge is -2.24. The predicted molar refractivity (Wildman–Crippen MR) is 72.7 cm³/mol. The van der Waals surface area contributed by atoms with Crippen molar-refractivity contribution in [3.8, 4) is 5.75 Å². The van der Waals surface area contributed by atoms with Crippen LogP contribution in [0.1, 0.15) is 12.8 Å². The van der Waals surface area contributed by atoms with Crippen LogP contribution in [0, 0.1) is 0 Å². The van der Waals surface area contributed by atoms with Crippen LogP contribution >= 0.6 is 0 Å². The fourth-order valence-electron chi connectivity index (χ4n) is 2.04. The smallest absolute Gasteiger partial charge is 0.150 e. The molecule has 0 bridgehead atoms. The van der Waals surface area contributed by atoms with Gasteiger partial charge in [0.15, 0.2) is 0 Å². The van der Waals surface area contributed by atoms with Crippen molar-refractivity contribution in [2.75, 3.05) is 29.7 Å². The van der Waals surface area contributed by atoms with Crippen LogP contribution in [0.5, 0.6) is 5.75 Å². The Balaban J connectivity index is 2.06. The summed E-state index contributed by atoms with van der Waals surface area (Å²) in [7, 11) is -1.23. The van der Waals surface area contributed by atoms with Gasteiger partial charge in [-0.3, -0.25) is 0 Å². The molecule has 1 heterocycles. The molecule has 1 aliphatic rings. The molecule has 1 aliphatic heterocycles. The van der Waals surface area contributed by atoms with Gasteiger partial charge >= 0.3 is 0 Å². The zero-order valence-electron chi connectivity index (χ0n) is 10.3. The number of rotatable bonds is 3. The van der Waals surface area contributed by atoms with E-state index in [9.17, 15) is 8.42 Å². The minimum absolute atomic E-state index is 0.155. The average Bonchev–Trinajstić information content (AvgIpc) is 2.34. The molecule has 1 aromatic rings. The number of hydrogen-bond acceptors (Lipinski definition) is 5. The molecule has 0 saturated carbocycles. The van der Waals surface area contributed by atoms with Crippen LogP contribution in [0.2, 0.25) is 0 Å². The Kier molecular flexibility index (Phi) is 3.65. The predicted octanol–water partition coefficient (Wildman–Crippen LogP) is 1.27. The minimum Gasteiger partial charge on any atom is -0.497 e. The summed E-state index contributed by atoms with van der Waals surface area (Å²) in [5.41, 5.74) is 7.33. The molecule has 5 nitrogen and oxygen atoms in total. The maximum atomic E-state index is 11.3. The number of ether oxygens (including phenoxy) is 1. The molecular weight excluding hydrogens is 252 g/mol. The monoisotopic (exact) mass is 270 g/mol. The lowest BCUT2D eigenvalue weighted by atomic mass is 10.1. The Hall–Kier alpha value is -1.43. The molecule has 0 aliphatic carbocycles. The summed E-state index contributed by atoms with van der Waals surface area (Å²) in [5, 5.41) is 3.29. The van der Waals surface area contributed by atoms with Gasteiger partial charge in [0.25, 0.3) is 0 Å². The summed E-state index contributed by atoms with van der Waals surface area (Å²) < 4.78 is 27.8. The van der Waals surface area contributed by atoms with Crippen LogP contribution < -0.4 is 15.8 Å². The second-order valence-electron chi connectivity index (χ2n) is 4.52. The number of methoxy groups -OCH3 is 1. The van der Waals surface area contributed by atoms with Gasteiger partial charge in [0.05, 0.1) is 30.0 Å². The van der Waals surface area contributed by atoms with E-state index in [1.54, 1.807) is 19.2 Å². The number of benzene rings is 1. The molecule has 2 rings (SSSR count). The van der Waals surface area contributed by atoms with Crippen LogP contribution in [-0.4, -0.2) is 33.1 Å². The topological polar surface area (TPSA) is 81.4 Å². The molecule has 0 atom stereocenters. The van der Waals surface area contributed by atoms with Crippen LogP contribution in [0.4, 0.5) is 11.4 Å². The summed E-state index contributed by atoms with van der Waals surface area (Å²) in [5.74, 6) is 1.22. The lowest BCUT2D eigenvalue weighted by molar-refractivity contribution is 0.415. The summed E-state index contributed by atoms with van der Waals surface area (Å²) in [6.45, 7) is 0. The van der Waals surface area contributed by atoms with E-state index in [1.807, 2.05) is 6.07 Å². The first-order valence-electron chi connectivity index (χ1n) is 5.90. The summed E-state index contributed by atoms with van der Waals surface area (Å²) in [6, 6.07) is 5.56. The van der Waals surface area contributed by atoms with Crippen molar-refractivity contribution in [3.05, 3.63) is 18.2 Å². The first-order valence-corrected chi connectivity index (χ1v) is 7.73. The average molecular weight is 270 g/mol. The molecular formula is C12H18N2O3S. The second kappa shape index (κ2) is 5.06. The largest absolute Gasteiger partial charge is 0.497 e. The second-order valence-corrected chi connectivity index (χ2v) is 6.83. The first-order chi connectivity index (χ1) is 8.50. The van der Waals surface area contributed by atoms with Crippen LogP contribution in [0.3, 0.4) is 0 Å². The van der Waals surface area contributed by atoms with Gasteiger partial charge in [-0.05, 0) is 25.0 Å². The van der Waals surface area contributed by atoms with Gasteiger partial charge in [-0.15, -0.1) is 0 Å². The van der Waals surface area contributed by atoms with Crippen LogP contribution in [0.15, 0.2) is 18.2 Å². The maximum absolute atomic E-state index is 11.3. The van der Waals surface area contributed by atoms with Crippen molar-refractivity contribution in [2.24, 2.45) is 0 Å². The molecule has 1 aromatic carbocycles. The minimum atomic E-state index is -2.83. The third kappa shape index (κ3) is 3.07. The van der Waals surface area contributed by atoms with Gasteiger partial charge in [0.1, 0.15) is 15.6 Å². The molecule has 0 aromatic heterocycles. The van der Waals surface area contributed by atoms with Gasteiger partial charge in [0, 0.05) is 12.1 Å². The highest BCUT2D eigenvalue weighted by molar-refractivity contribution is 7.91. The molecule has 3 N–H and O–H groups in total. The number of nitrogens with one attached hydrogen (secondary N) is 1. The zero-order valence-corrected chi connectivity index (χ0v) is 11.2. The van der Waals surface area contributed by atoms with E-state index < -0.39 is 9.84 Å². The first kappa shape index (κ1) is 13.0. The maximum Gasteiger partial charge on any atom is 0.150 e. The highest BCUT2D eigenvalue weighted by Gasteiger charge is 2.23. The highest BCUT2D eigenvalue weighted by Crippen LogP contribution is 2.27. The van der Waals surface area contributed by atoms with E-state index in [1.165, 1.54) is 0 Å². The Morgan fingerprint density at radius 2 is 2.00 bits per heavy atom.